The highest BCUT2D eigenvalue weighted by molar-refractivity contribution is 6.09. The molecule has 1 saturated heterocycles. The van der Waals surface area contributed by atoms with Gasteiger partial charge in [-0.25, -0.2) is 4.79 Å². The molecular formula is C24H34N4O4. The third kappa shape index (κ3) is 4.79. The molecule has 1 aromatic carbocycles. The number of hydrogen-bond acceptors (Lipinski definition) is 4. The van der Waals surface area contributed by atoms with Gasteiger partial charge in [0.1, 0.15) is 17.6 Å². The molecule has 1 aromatic rings. The number of rotatable bonds is 8. The molecule has 2 aliphatic rings. The van der Waals surface area contributed by atoms with Crippen LogP contribution in [0.15, 0.2) is 24.3 Å². The smallest absolute Gasteiger partial charge is 0.325 e. The van der Waals surface area contributed by atoms with Crippen molar-refractivity contribution < 1.29 is 19.2 Å². The van der Waals surface area contributed by atoms with Crippen LogP contribution < -0.4 is 16.0 Å². The van der Waals surface area contributed by atoms with E-state index in [1.165, 1.54) is 0 Å². The number of carbonyl (C=O) groups excluding carboxylic acids is 4. The van der Waals surface area contributed by atoms with E-state index < -0.39 is 35.5 Å². The first-order valence-electron chi connectivity index (χ1n) is 11.5. The highest BCUT2D eigenvalue weighted by Gasteiger charge is 2.50. The highest BCUT2D eigenvalue weighted by Crippen LogP contribution is 2.30. The van der Waals surface area contributed by atoms with Crippen LogP contribution in [0.3, 0.4) is 0 Å². The van der Waals surface area contributed by atoms with Crippen LogP contribution in [0.25, 0.3) is 0 Å². The summed E-state index contributed by atoms with van der Waals surface area (Å²) >= 11 is 0. The number of aryl methyl sites for hydroxylation is 1. The Kier molecular flexibility index (Phi) is 7.21. The van der Waals surface area contributed by atoms with Gasteiger partial charge in [0, 0.05) is 6.54 Å². The molecule has 1 heterocycles. The van der Waals surface area contributed by atoms with Crippen molar-refractivity contribution in [1.82, 2.24) is 20.9 Å². The molecule has 1 aliphatic heterocycles. The predicted molar refractivity (Wildman–Crippen MR) is 121 cm³/mol. The maximum Gasteiger partial charge on any atom is 0.325 e. The number of benzene rings is 1. The van der Waals surface area contributed by atoms with E-state index in [1.807, 2.05) is 26.0 Å². The normalized spacial score (nSPS) is 22.4. The lowest BCUT2D eigenvalue weighted by molar-refractivity contribution is -0.138. The molecule has 0 aromatic heterocycles. The molecule has 2 fully saturated rings. The SMILES string of the molecule is CCCCNC(=O)C1(NC(=O)CN2C(=O)NC(C)(c3ccc(C)cc3)C2=O)CCCCC1. The lowest BCUT2D eigenvalue weighted by Crippen LogP contribution is -2.61. The minimum absolute atomic E-state index is 0.180. The Bertz CT molecular complexity index is 876. The van der Waals surface area contributed by atoms with E-state index >= 15 is 0 Å². The molecule has 1 aliphatic carbocycles. The number of amides is 5. The average Bonchev–Trinajstić information content (AvgIpc) is 2.98. The molecule has 1 saturated carbocycles. The highest BCUT2D eigenvalue weighted by atomic mass is 16.2. The summed E-state index contributed by atoms with van der Waals surface area (Å²) in [6.45, 7) is 5.77. The van der Waals surface area contributed by atoms with E-state index in [-0.39, 0.29) is 5.91 Å². The summed E-state index contributed by atoms with van der Waals surface area (Å²) < 4.78 is 0. The maximum atomic E-state index is 13.1. The second kappa shape index (κ2) is 9.71. The van der Waals surface area contributed by atoms with Gasteiger partial charge >= 0.3 is 6.03 Å². The quantitative estimate of drug-likeness (QED) is 0.425. The summed E-state index contributed by atoms with van der Waals surface area (Å²) in [6.07, 6.45) is 5.64. The van der Waals surface area contributed by atoms with Crippen molar-refractivity contribution in [2.75, 3.05) is 13.1 Å². The van der Waals surface area contributed by atoms with Gasteiger partial charge in [0.2, 0.25) is 11.8 Å². The largest absolute Gasteiger partial charge is 0.354 e. The first-order valence-corrected chi connectivity index (χ1v) is 11.5. The lowest BCUT2D eigenvalue weighted by atomic mass is 9.80. The van der Waals surface area contributed by atoms with Gasteiger partial charge in [0.25, 0.3) is 5.91 Å². The number of urea groups is 1. The third-order valence-corrected chi connectivity index (χ3v) is 6.54. The Labute approximate surface area is 189 Å². The zero-order valence-corrected chi connectivity index (χ0v) is 19.3. The van der Waals surface area contributed by atoms with Crippen molar-refractivity contribution in [3.63, 3.8) is 0 Å². The van der Waals surface area contributed by atoms with Crippen LogP contribution >= 0.6 is 0 Å². The summed E-state index contributed by atoms with van der Waals surface area (Å²) in [5.41, 5.74) is -0.517. The topological polar surface area (TPSA) is 108 Å². The van der Waals surface area contributed by atoms with E-state index in [1.54, 1.807) is 19.1 Å². The van der Waals surface area contributed by atoms with E-state index in [9.17, 15) is 19.2 Å². The minimum Gasteiger partial charge on any atom is -0.354 e. The van der Waals surface area contributed by atoms with Crippen molar-refractivity contribution in [3.05, 3.63) is 35.4 Å². The van der Waals surface area contributed by atoms with E-state index in [2.05, 4.69) is 16.0 Å². The molecule has 3 N–H and O–H groups in total. The molecule has 8 heteroatoms. The molecule has 5 amide bonds. The van der Waals surface area contributed by atoms with E-state index in [0.29, 0.717) is 24.9 Å². The molecule has 32 heavy (non-hydrogen) atoms. The zero-order valence-electron chi connectivity index (χ0n) is 19.3. The van der Waals surface area contributed by atoms with E-state index in [4.69, 9.17) is 0 Å². The van der Waals surface area contributed by atoms with Crippen molar-refractivity contribution in [1.29, 1.82) is 0 Å². The van der Waals surface area contributed by atoms with Crippen molar-refractivity contribution >= 4 is 23.8 Å². The monoisotopic (exact) mass is 442 g/mol. The second-order valence-electron chi connectivity index (χ2n) is 9.11. The third-order valence-electron chi connectivity index (χ3n) is 6.54. The molecule has 1 unspecified atom stereocenters. The molecule has 0 bridgehead atoms. The Morgan fingerprint density at radius 3 is 2.38 bits per heavy atom. The molecular weight excluding hydrogens is 408 g/mol. The second-order valence-corrected chi connectivity index (χ2v) is 9.11. The van der Waals surface area contributed by atoms with Crippen LogP contribution in [0.2, 0.25) is 0 Å². The Morgan fingerprint density at radius 2 is 1.75 bits per heavy atom. The number of nitrogens with zero attached hydrogens (tertiary/aromatic N) is 1. The van der Waals surface area contributed by atoms with Gasteiger partial charge in [-0.15, -0.1) is 0 Å². The maximum absolute atomic E-state index is 13.1. The Hall–Kier alpha value is -2.90. The molecule has 174 valence electrons. The molecule has 1 atom stereocenters. The van der Waals surface area contributed by atoms with Gasteiger partial charge in [0.15, 0.2) is 0 Å². The van der Waals surface area contributed by atoms with Crippen molar-refractivity contribution in [2.45, 2.75) is 76.8 Å². The molecule has 0 radical (unpaired) electrons. The predicted octanol–water partition coefficient (Wildman–Crippen LogP) is 2.50. The minimum atomic E-state index is -1.23. The summed E-state index contributed by atoms with van der Waals surface area (Å²) in [6, 6.07) is 6.74. The van der Waals surface area contributed by atoms with Crippen LogP contribution in [0, 0.1) is 6.92 Å². The number of nitrogens with one attached hydrogen (secondary N) is 3. The Morgan fingerprint density at radius 1 is 1.09 bits per heavy atom. The summed E-state index contributed by atoms with van der Waals surface area (Å²) in [4.78, 5) is 52.5. The fraction of sp³-hybridized carbons (Fsp3) is 0.583. The zero-order chi connectivity index (χ0) is 23.4. The van der Waals surface area contributed by atoms with Crippen LogP contribution in [0.4, 0.5) is 4.79 Å². The molecule has 8 nitrogen and oxygen atoms in total. The van der Waals surface area contributed by atoms with E-state index in [0.717, 1.165) is 42.6 Å². The van der Waals surface area contributed by atoms with Gasteiger partial charge in [-0.2, -0.15) is 0 Å². The van der Waals surface area contributed by atoms with Crippen LogP contribution in [0.1, 0.15) is 69.9 Å². The van der Waals surface area contributed by atoms with Crippen molar-refractivity contribution in [2.24, 2.45) is 0 Å². The number of hydrogen-bond donors (Lipinski definition) is 3. The molecule has 3 rings (SSSR count). The average molecular weight is 443 g/mol. The van der Waals surface area contributed by atoms with Gasteiger partial charge in [-0.05, 0) is 38.7 Å². The summed E-state index contributed by atoms with van der Waals surface area (Å²) in [5.74, 6) is -1.17. The summed E-state index contributed by atoms with van der Waals surface area (Å²) in [5, 5.41) is 8.53. The first kappa shape index (κ1) is 23.8. The number of imide groups is 1. The van der Waals surface area contributed by atoms with Crippen LogP contribution in [0.5, 0.6) is 0 Å². The van der Waals surface area contributed by atoms with Crippen LogP contribution in [-0.4, -0.2) is 47.3 Å². The standard InChI is InChI=1S/C24H34N4O4/c1-4-5-15-25-20(30)24(13-7-6-8-14-24)26-19(29)16-28-21(31)23(3,27-22(28)32)18-11-9-17(2)10-12-18/h9-12H,4-8,13-16H2,1-3H3,(H,25,30)(H,26,29)(H,27,32). The van der Waals surface area contributed by atoms with Crippen LogP contribution in [-0.2, 0) is 19.9 Å². The van der Waals surface area contributed by atoms with Gasteiger partial charge in [-0.1, -0.05) is 62.4 Å². The fourth-order valence-electron chi connectivity index (χ4n) is 4.49. The fourth-order valence-corrected chi connectivity index (χ4v) is 4.49. The lowest BCUT2D eigenvalue weighted by Gasteiger charge is -2.37. The Balaban J connectivity index is 1.71. The van der Waals surface area contributed by atoms with Gasteiger partial charge in [0.05, 0.1) is 0 Å². The van der Waals surface area contributed by atoms with Crippen molar-refractivity contribution in [3.8, 4) is 0 Å². The molecule has 0 spiro atoms. The number of unbranched alkanes of at least 4 members (excludes halogenated alkanes) is 1. The number of carbonyl (C=O) groups is 4. The van der Waals surface area contributed by atoms with Gasteiger partial charge in [-0.3, -0.25) is 19.3 Å². The summed E-state index contributed by atoms with van der Waals surface area (Å²) in [7, 11) is 0. The first-order chi connectivity index (χ1) is 15.2. The van der Waals surface area contributed by atoms with Gasteiger partial charge < -0.3 is 16.0 Å².